The molecule has 0 spiro atoms. The molecule has 0 aliphatic rings. The highest BCUT2D eigenvalue weighted by molar-refractivity contribution is 7.10. The maximum atomic E-state index is 6.21. The highest BCUT2D eigenvalue weighted by Gasteiger charge is 2.20. The molecule has 0 amide bonds. The van der Waals surface area contributed by atoms with Crippen molar-refractivity contribution in [2.24, 2.45) is 0 Å². The van der Waals surface area contributed by atoms with Gasteiger partial charge in [0.15, 0.2) is 0 Å². The molecule has 0 bridgehead atoms. The van der Waals surface area contributed by atoms with Gasteiger partial charge in [0.1, 0.15) is 6.61 Å². The largest absolute Gasteiger partial charge is 0.472 e. The van der Waals surface area contributed by atoms with E-state index in [4.69, 9.17) is 4.74 Å². The molecule has 0 aliphatic heterocycles. The Labute approximate surface area is 173 Å². The van der Waals surface area contributed by atoms with E-state index >= 15 is 0 Å². The third kappa shape index (κ3) is 3.50. The molecular weight excluding hydrogens is 376 g/mol. The van der Waals surface area contributed by atoms with Crippen LogP contribution in [0.2, 0.25) is 0 Å². The minimum atomic E-state index is 0.484. The van der Waals surface area contributed by atoms with Gasteiger partial charge in [-0.05, 0) is 51.1 Å². The molecule has 3 aromatic carbocycles. The lowest BCUT2D eigenvalue weighted by Gasteiger charge is -2.11. The molecular formula is C25H18N2OS. The first-order valence-electron chi connectivity index (χ1n) is 9.45. The van der Waals surface area contributed by atoms with E-state index in [1.54, 1.807) is 0 Å². The Hall–Kier alpha value is -3.50. The first kappa shape index (κ1) is 17.6. The molecule has 0 N–H and O–H groups in total. The summed E-state index contributed by atoms with van der Waals surface area (Å²) in [6, 6.07) is 29.0. The molecule has 0 unspecified atom stereocenters. The molecule has 0 saturated carbocycles. The number of fused-ring (bicyclic) bond motifs is 1. The first-order chi connectivity index (χ1) is 14.4. The Balaban J connectivity index is 1.65. The van der Waals surface area contributed by atoms with Gasteiger partial charge in [0, 0.05) is 12.4 Å². The summed E-state index contributed by atoms with van der Waals surface area (Å²) < 4.78 is 10.9. The molecule has 5 rings (SSSR count). The summed E-state index contributed by atoms with van der Waals surface area (Å²) >= 11 is 1.47. The molecule has 2 aromatic heterocycles. The van der Waals surface area contributed by atoms with Crippen LogP contribution in [0.25, 0.3) is 32.3 Å². The van der Waals surface area contributed by atoms with Gasteiger partial charge in [-0.3, -0.25) is 4.98 Å². The number of benzene rings is 3. The second-order valence-corrected chi connectivity index (χ2v) is 7.50. The molecule has 3 nitrogen and oxygen atoms in total. The van der Waals surface area contributed by atoms with Crippen LogP contribution in [0, 0.1) is 0 Å². The molecule has 2 heterocycles. The SMILES string of the molecule is c1ccc(COc2nsc(-c3ccncc3)c2-c2cccc3ccccc23)cc1. The molecule has 0 saturated heterocycles. The lowest BCUT2D eigenvalue weighted by Crippen LogP contribution is -1.97. The van der Waals surface area contributed by atoms with Crippen molar-refractivity contribution >= 4 is 22.3 Å². The number of ether oxygens (including phenoxy) is 1. The Kier molecular flexibility index (Phi) is 4.76. The van der Waals surface area contributed by atoms with Crippen LogP contribution < -0.4 is 4.74 Å². The molecule has 5 aromatic rings. The number of hydrogen-bond donors (Lipinski definition) is 0. The number of aromatic nitrogens is 2. The van der Waals surface area contributed by atoms with Gasteiger partial charge in [0.25, 0.3) is 0 Å². The van der Waals surface area contributed by atoms with Crippen molar-refractivity contribution in [3.63, 3.8) is 0 Å². The van der Waals surface area contributed by atoms with E-state index in [1.165, 1.54) is 22.3 Å². The van der Waals surface area contributed by atoms with Crippen molar-refractivity contribution < 1.29 is 4.74 Å². The standard InChI is InChI=1S/C25H18N2OS/c1-2-7-18(8-3-1)17-28-25-23(24(29-27-25)20-13-15-26-16-14-20)22-12-6-10-19-9-4-5-11-21(19)22/h1-16H,17H2. The van der Waals surface area contributed by atoms with Gasteiger partial charge >= 0.3 is 0 Å². The monoisotopic (exact) mass is 394 g/mol. The third-order valence-electron chi connectivity index (χ3n) is 4.88. The summed E-state index contributed by atoms with van der Waals surface area (Å²) in [5.74, 6) is 0.669. The molecule has 140 valence electrons. The number of rotatable bonds is 5. The van der Waals surface area contributed by atoms with Crippen LogP contribution in [-0.2, 0) is 6.61 Å². The topological polar surface area (TPSA) is 35.0 Å². The molecule has 29 heavy (non-hydrogen) atoms. The zero-order valence-electron chi connectivity index (χ0n) is 15.7. The second-order valence-electron chi connectivity index (χ2n) is 6.73. The Morgan fingerprint density at radius 2 is 1.52 bits per heavy atom. The minimum absolute atomic E-state index is 0.484. The van der Waals surface area contributed by atoms with Crippen LogP contribution in [0.3, 0.4) is 0 Å². The lowest BCUT2D eigenvalue weighted by molar-refractivity contribution is 0.298. The summed E-state index contributed by atoms with van der Waals surface area (Å²) in [6.45, 7) is 0.484. The Bertz CT molecular complexity index is 1240. The van der Waals surface area contributed by atoms with Gasteiger partial charge in [0.2, 0.25) is 5.88 Å². The average Bonchev–Trinajstić information content (AvgIpc) is 3.22. The normalized spacial score (nSPS) is 10.9. The van der Waals surface area contributed by atoms with E-state index in [-0.39, 0.29) is 0 Å². The first-order valence-corrected chi connectivity index (χ1v) is 10.2. The fraction of sp³-hybridized carbons (Fsp3) is 0.0400. The number of nitrogens with zero attached hydrogens (tertiary/aromatic N) is 2. The van der Waals surface area contributed by atoms with Crippen molar-refractivity contribution in [1.29, 1.82) is 0 Å². The van der Waals surface area contributed by atoms with E-state index in [9.17, 15) is 0 Å². The second kappa shape index (κ2) is 7.86. The van der Waals surface area contributed by atoms with Gasteiger partial charge < -0.3 is 4.74 Å². The van der Waals surface area contributed by atoms with Crippen LogP contribution in [0.4, 0.5) is 0 Å². The summed E-state index contributed by atoms with van der Waals surface area (Å²) in [6.07, 6.45) is 3.62. The third-order valence-corrected chi connectivity index (χ3v) is 5.76. The van der Waals surface area contributed by atoms with Crippen molar-refractivity contribution in [3.8, 4) is 27.4 Å². The summed E-state index contributed by atoms with van der Waals surface area (Å²) in [5, 5.41) is 2.39. The van der Waals surface area contributed by atoms with E-state index < -0.39 is 0 Å². The van der Waals surface area contributed by atoms with Crippen LogP contribution in [0.5, 0.6) is 5.88 Å². The fourth-order valence-electron chi connectivity index (χ4n) is 3.48. The smallest absolute Gasteiger partial charge is 0.234 e. The van der Waals surface area contributed by atoms with Crippen molar-refractivity contribution in [1.82, 2.24) is 9.36 Å². The van der Waals surface area contributed by atoms with Gasteiger partial charge in [-0.2, -0.15) is 4.37 Å². The quantitative estimate of drug-likeness (QED) is 0.337. The predicted molar refractivity (Wildman–Crippen MR) is 119 cm³/mol. The van der Waals surface area contributed by atoms with Crippen LogP contribution in [-0.4, -0.2) is 9.36 Å². The lowest BCUT2D eigenvalue weighted by atomic mass is 9.97. The summed E-state index contributed by atoms with van der Waals surface area (Å²) in [5.41, 5.74) is 4.38. The minimum Gasteiger partial charge on any atom is -0.472 e. The maximum Gasteiger partial charge on any atom is 0.234 e. The fourth-order valence-corrected chi connectivity index (χ4v) is 4.33. The number of hydrogen-bond acceptors (Lipinski definition) is 4. The highest BCUT2D eigenvalue weighted by Crippen LogP contribution is 2.44. The van der Waals surface area contributed by atoms with Crippen molar-refractivity contribution in [2.75, 3.05) is 0 Å². The van der Waals surface area contributed by atoms with Gasteiger partial charge in [0.05, 0.1) is 10.4 Å². The Morgan fingerprint density at radius 3 is 2.38 bits per heavy atom. The molecule has 4 heteroatoms. The van der Waals surface area contributed by atoms with Crippen molar-refractivity contribution in [3.05, 3.63) is 103 Å². The van der Waals surface area contributed by atoms with Crippen molar-refractivity contribution in [2.45, 2.75) is 6.61 Å². The van der Waals surface area contributed by atoms with Gasteiger partial charge in [-0.25, -0.2) is 0 Å². The van der Waals surface area contributed by atoms with Gasteiger partial charge in [-0.15, -0.1) is 0 Å². The van der Waals surface area contributed by atoms with Gasteiger partial charge in [-0.1, -0.05) is 72.8 Å². The average molecular weight is 394 g/mol. The highest BCUT2D eigenvalue weighted by atomic mass is 32.1. The van der Waals surface area contributed by atoms with Crippen LogP contribution in [0.1, 0.15) is 5.56 Å². The predicted octanol–water partition coefficient (Wildman–Crippen LogP) is 6.60. The zero-order chi connectivity index (χ0) is 19.5. The van der Waals surface area contributed by atoms with Crippen LogP contribution in [0.15, 0.2) is 97.3 Å². The van der Waals surface area contributed by atoms with Crippen LogP contribution >= 0.6 is 11.5 Å². The summed E-state index contributed by atoms with van der Waals surface area (Å²) in [4.78, 5) is 5.25. The van der Waals surface area contributed by atoms with E-state index in [1.807, 2.05) is 42.7 Å². The number of pyridine rings is 1. The zero-order valence-corrected chi connectivity index (χ0v) is 16.5. The molecule has 0 atom stereocenters. The maximum absolute atomic E-state index is 6.21. The molecule has 0 radical (unpaired) electrons. The molecule has 0 fully saturated rings. The summed E-state index contributed by atoms with van der Waals surface area (Å²) in [7, 11) is 0. The van der Waals surface area contributed by atoms with E-state index in [0.29, 0.717) is 12.5 Å². The Morgan fingerprint density at radius 1 is 0.759 bits per heavy atom. The van der Waals surface area contributed by atoms with E-state index in [2.05, 4.69) is 64.0 Å². The van der Waals surface area contributed by atoms with E-state index in [0.717, 1.165) is 27.1 Å². The molecule has 0 aliphatic carbocycles.